The van der Waals surface area contributed by atoms with E-state index < -0.39 is 39.4 Å². The molecule has 23 heavy (non-hydrogen) atoms. The SMILES string of the molecule is COC(=O)c1c(C(F)(F)F)ccc([N+](=O)[O-])c1-c1ccccc1. The highest BCUT2D eigenvalue weighted by molar-refractivity contribution is 6.01. The maximum atomic E-state index is 13.2. The average molecular weight is 325 g/mol. The lowest BCUT2D eigenvalue weighted by atomic mass is 9.93. The third-order valence-electron chi connectivity index (χ3n) is 3.14. The fourth-order valence-electron chi connectivity index (χ4n) is 2.19. The Balaban J connectivity index is 2.94. The quantitative estimate of drug-likeness (QED) is 0.484. The number of esters is 1. The standard InChI is InChI=1S/C15H10F3NO4/c1-23-14(20)13-10(15(16,17)18)7-8-11(19(21)22)12(13)9-5-3-2-4-6-9/h2-8H,1H3. The van der Waals surface area contributed by atoms with Crippen LogP contribution in [0.3, 0.4) is 0 Å². The van der Waals surface area contributed by atoms with Gasteiger partial charge in [-0.1, -0.05) is 30.3 Å². The van der Waals surface area contributed by atoms with Crippen LogP contribution >= 0.6 is 0 Å². The van der Waals surface area contributed by atoms with E-state index in [2.05, 4.69) is 4.74 Å². The minimum Gasteiger partial charge on any atom is -0.465 e. The number of nitro benzene ring substituents is 1. The molecule has 0 fully saturated rings. The van der Waals surface area contributed by atoms with Crippen LogP contribution in [-0.4, -0.2) is 18.0 Å². The molecule has 0 heterocycles. The summed E-state index contributed by atoms with van der Waals surface area (Å²) in [6.45, 7) is 0. The predicted octanol–water partition coefficient (Wildman–Crippen LogP) is 4.07. The van der Waals surface area contributed by atoms with E-state index in [1.165, 1.54) is 24.3 Å². The van der Waals surface area contributed by atoms with Gasteiger partial charge in [0.25, 0.3) is 5.69 Å². The van der Waals surface area contributed by atoms with Crippen molar-refractivity contribution in [3.05, 3.63) is 63.7 Å². The minimum atomic E-state index is -4.86. The van der Waals surface area contributed by atoms with Crippen molar-refractivity contribution in [1.29, 1.82) is 0 Å². The maximum absolute atomic E-state index is 13.2. The predicted molar refractivity (Wildman–Crippen MR) is 74.9 cm³/mol. The highest BCUT2D eigenvalue weighted by Gasteiger charge is 2.39. The zero-order valence-corrected chi connectivity index (χ0v) is 11.8. The molecule has 0 N–H and O–H groups in total. The van der Waals surface area contributed by atoms with Crippen molar-refractivity contribution in [3.8, 4) is 11.1 Å². The van der Waals surface area contributed by atoms with E-state index in [1.54, 1.807) is 6.07 Å². The summed E-state index contributed by atoms with van der Waals surface area (Å²) in [5.74, 6) is -1.29. The number of nitro groups is 1. The van der Waals surface area contributed by atoms with E-state index in [-0.39, 0.29) is 5.56 Å². The first-order valence-electron chi connectivity index (χ1n) is 6.29. The van der Waals surface area contributed by atoms with E-state index in [1.807, 2.05) is 0 Å². The van der Waals surface area contributed by atoms with Gasteiger partial charge in [0, 0.05) is 6.07 Å². The van der Waals surface area contributed by atoms with Gasteiger partial charge in [-0.2, -0.15) is 13.2 Å². The highest BCUT2D eigenvalue weighted by atomic mass is 19.4. The third-order valence-corrected chi connectivity index (χ3v) is 3.14. The topological polar surface area (TPSA) is 69.4 Å². The van der Waals surface area contributed by atoms with Gasteiger partial charge in [-0.25, -0.2) is 4.79 Å². The molecule has 2 aromatic rings. The molecule has 0 bridgehead atoms. The van der Waals surface area contributed by atoms with Crippen LogP contribution in [-0.2, 0) is 10.9 Å². The molecule has 0 saturated carbocycles. The molecule has 2 aromatic carbocycles. The highest BCUT2D eigenvalue weighted by Crippen LogP contribution is 2.41. The Kier molecular flexibility index (Phi) is 4.35. The molecule has 120 valence electrons. The number of carbonyl (C=O) groups is 1. The Morgan fingerprint density at radius 3 is 2.22 bits per heavy atom. The first-order valence-corrected chi connectivity index (χ1v) is 6.29. The number of hydrogen-bond acceptors (Lipinski definition) is 4. The van der Waals surface area contributed by atoms with Crippen molar-refractivity contribution in [1.82, 2.24) is 0 Å². The Bertz CT molecular complexity index is 757. The van der Waals surface area contributed by atoms with Crippen LogP contribution in [0.25, 0.3) is 11.1 Å². The summed E-state index contributed by atoms with van der Waals surface area (Å²) in [6, 6.07) is 8.61. The fourth-order valence-corrected chi connectivity index (χ4v) is 2.19. The van der Waals surface area contributed by atoms with Crippen molar-refractivity contribution in [2.24, 2.45) is 0 Å². The molecule has 0 saturated heterocycles. The molecule has 0 aliphatic carbocycles. The van der Waals surface area contributed by atoms with Crippen LogP contribution < -0.4 is 0 Å². The molecular weight excluding hydrogens is 315 g/mol. The van der Waals surface area contributed by atoms with Gasteiger partial charge in [0.15, 0.2) is 0 Å². The maximum Gasteiger partial charge on any atom is 0.417 e. The molecule has 2 rings (SSSR count). The summed E-state index contributed by atoms with van der Waals surface area (Å²) in [5, 5.41) is 11.2. The second-order valence-corrected chi connectivity index (χ2v) is 4.49. The first kappa shape index (κ1) is 16.5. The van der Waals surface area contributed by atoms with Crippen LogP contribution in [0, 0.1) is 10.1 Å². The molecule has 5 nitrogen and oxygen atoms in total. The number of nitrogens with zero attached hydrogens (tertiary/aromatic N) is 1. The third kappa shape index (κ3) is 3.15. The molecule has 0 amide bonds. The van der Waals surface area contributed by atoms with Gasteiger partial charge >= 0.3 is 12.1 Å². The number of hydrogen-bond donors (Lipinski definition) is 0. The Morgan fingerprint density at radius 2 is 1.74 bits per heavy atom. The van der Waals surface area contributed by atoms with Crippen LogP contribution in [0.2, 0.25) is 0 Å². The molecule has 0 aromatic heterocycles. The lowest BCUT2D eigenvalue weighted by molar-refractivity contribution is -0.384. The molecule has 0 radical (unpaired) electrons. The van der Waals surface area contributed by atoms with E-state index in [9.17, 15) is 28.1 Å². The summed E-state index contributed by atoms with van der Waals surface area (Å²) >= 11 is 0. The largest absolute Gasteiger partial charge is 0.465 e. The normalized spacial score (nSPS) is 11.1. The second kappa shape index (κ2) is 6.07. The van der Waals surface area contributed by atoms with Gasteiger partial charge in [-0.15, -0.1) is 0 Å². The summed E-state index contributed by atoms with van der Waals surface area (Å²) in [7, 11) is 0.913. The summed E-state index contributed by atoms with van der Waals surface area (Å²) < 4.78 is 44.0. The monoisotopic (exact) mass is 325 g/mol. The molecule has 0 aliphatic rings. The zero-order valence-electron chi connectivity index (χ0n) is 11.8. The second-order valence-electron chi connectivity index (χ2n) is 4.49. The number of halogens is 3. The first-order chi connectivity index (χ1) is 10.8. The molecule has 0 atom stereocenters. The fraction of sp³-hybridized carbons (Fsp3) is 0.133. The molecule has 0 unspecified atom stereocenters. The lowest BCUT2D eigenvalue weighted by Gasteiger charge is -2.15. The number of ether oxygens (including phenoxy) is 1. The van der Waals surface area contributed by atoms with Crippen molar-refractivity contribution < 1.29 is 27.6 Å². The van der Waals surface area contributed by atoms with Gasteiger partial charge < -0.3 is 4.74 Å². The van der Waals surface area contributed by atoms with Crippen molar-refractivity contribution >= 4 is 11.7 Å². The van der Waals surface area contributed by atoms with E-state index in [0.717, 1.165) is 13.2 Å². The van der Waals surface area contributed by atoms with Crippen LogP contribution in [0.15, 0.2) is 42.5 Å². The van der Waals surface area contributed by atoms with Crippen LogP contribution in [0.4, 0.5) is 18.9 Å². The smallest absolute Gasteiger partial charge is 0.417 e. The van der Waals surface area contributed by atoms with E-state index in [0.29, 0.717) is 6.07 Å². The van der Waals surface area contributed by atoms with Crippen molar-refractivity contribution in [3.63, 3.8) is 0 Å². The number of rotatable bonds is 3. The molecule has 8 heteroatoms. The number of benzene rings is 2. The minimum absolute atomic E-state index is 0.116. The molecule has 0 aliphatic heterocycles. The molecular formula is C15H10F3NO4. The van der Waals surface area contributed by atoms with Crippen molar-refractivity contribution in [2.75, 3.05) is 7.11 Å². The Labute approximate surface area is 128 Å². The summed E-state index contributed by atoms with van der Waals surface area (Å²) in [6.07, 6.45) is -4.86. The van der Waals surface area contributed by atoms with E-state index >= 15 is 0 Å². The van der Waals surface area contributed by atoms with Crippen LogP contribution in [0.5, 0.6) is 0 Å². The van der Waals surface area contributed by atoms with Crippen molar-refractivity contribution in [2.45, 2.75) is 6.18 Å². The van der Waals surface area contributed by atoms with Gasteiger partial charge in [-0.05, 0) is 11.6 Å². The van der Waals surface area contributed by atoms with Gasteiger partial charge in [-0.3, -0.25) is 10.1 Å². The lowest BCUT2D eigenvalue weighted by Crippen LogP contribution is -2.16. The van der Waals surface area contributed by atoms with Gasteiger partial charge in [0.05, 0.1) is 28.7 Å². The summed E-state index contributed by atoms with van der Waals surface area (Å²) in [5.41, 5.74) is -3.07. The van der Waals surface area contributed by atoms with Gasteiger partial charge in [0.2, 0.25) is 0 Å². The van der Waals surface area contributed by atoms with Crippen LogP contribution in [0.1, 0.15) is 15.9 Å². The summed E-state index contributed by atoms with van der Waals surface area (Å²) in [4.78, 5) is 22.3. The van der Waals surface area contributed by atoms with Gasteiger partial charge in [0.1, 0.15) is 0 Å². The Hall–Kier alpha value is -2.90. The average Bonchev–Trinajstić information content (AvgIpc) is 2.52. The Morgan fingerprint density at radius 1 is 1.13 bits per heavy atom. The van der Waals surface area contributed by atoms with E-state index in [4.69, 9.17) is 0 Å². The zero-order chi connectivity index (χ0) is 17.2. The number of methoxy groups -OCH3 is 1. The number of alkyl halides is 3. The number of carbonyl (C=O) groups excluding carboxylic acids is 1. The molecule has 0 spiro atoms.